The molecule has 1 aliphatic rings. The summed E-state index contributed by atoms with van der Waals surface area (Å²) in [5, 5.41) is 1.60. The van der Waals surface area contributed by atoms with Crippen molar-refractivity contribution in [3.63, 3.8) is 0 Å². The Morgan fingerprint density at radius 1 is 1.10 bits per heavy atom. The van der Waals surface area contributed by atoms with Gasteiger partial charge in [0.2, 0.25) is 0 Å². The number of benzene rings is 2. The van der Waals surface area contributed by atoms with Crippen molar-refractivity contribution in [1.82, 2.24) is 4.98 Å². The first-order valence-corrected chi connectivity index (χ1v) is 10.9. The molecule has 1 aliphatic carbocycles. The number of halogens is 2. The number of fused-ring (bicyclic) bond motifs is 1. The predicted molar refractivity (Wildman–Crippen MR) is 121 cm³/mol. The molecule has 2 aromatic carbocycles. The van der Waals surface area contributed by atoms with E-state index in [4.69, 9.17) is 11.6 Å². The third kappa shape index (κ3) is 4.62. The number of hydrogen-bond acceptors (Lipinski definition) is 2. The van der Waals surface area contributed by atoms with Gasteiger partial charge in [-0.2, -0.15) is 0 Å². The van der Waals surface area contributed by atoms with Crippen LogP contribution in [0.3, 0.4) is 0 Å². The molecule has 0 N–H and O–H groups in total. The SMILES string of the molecule is CC(C(=O)/C=C/c1ccc(Cl)cc1)C1CCC(c2ccnc3ccc(F)cc23)CC1. The number of ketones is 1. The number of nitrogens with zero attached hydrogens (tertiary/aromatic N) is 1. The fourth-order valence-corrected chi connectivity index (χ4v) is 4.69. The second kappa shape index (κ2) is 9.09. The zero-order valence-corrected chi connectivity index (χ0v) is 17.8. The van der Waals surface area contributed by atoms with E-state index in [1.165, 1.54) is 11.6 Å². The molecule has 4 heteroatoms. The maximum absolute atomic E-state index is 13.8. The van der Waals surface area contributed by atoms with Crippen molar-refractivity contribution in [1.29, 1.82) is 0 Å². The molecule has 1 fully saturated rings. The Morgan fingerprint density at radius 3 is 2.57 bits per heavy atom. The molecule has 1 aromatic heterocycles. The molecule has 0 saturated heterocycles. The molecule has 1 saturated carbocycles. The second-order valence-electron chi connectivity index (χ2n) is 8.25. The Hall–Kier alpha value is -2.52. The zero-order chi connectivity index (χ0) is 21.1. The van der Waals surface area contributed by atoms with E-state index in [1.807, 2.05) is 49.5 Å². The molecule has 1 heterocycles. The summed E-state index contributed by atoms with van der Waals surface area (Å²) in [5.74, 6) is 0.719. The predicted octanol–water partition coefficient (Wildman–Crippen LogP) is 7.22. The van der Waals surface area contributed by atoms with E-state index in [9.17, 15) is 9.18 Å². The minimum absolute atomic E-state index is 0.00105. The van der Waals surface area contributed by atoms with Crippen LogP contribution in [-0.4, -0.2) is 10.8 Å². The van der Waals surface area contributed by atoms with Gasteiger partial charge in [0.05, 0.1) is 5.52 Å². The highest BCUT2D eigenvalue weighted by molar-refractivity contribution is 6.30. The number of pyridine rings is 1. The molecule has 154 valence electrons. The van der Waals surface area contributed by atoms with Crippen molar-refractivity contribution < 1.29 is 9.18 Å². The smallest absolute Gasteiger partial charge is 0.158 e. The lowest BCUT2D eigenvalue weighted by Crippen LogP contribution is -2.24. The van der Waals surface area contributed by atoms with Gasteiger partial charge in [-0.05, 0) is 91.1 Å². The summed E-state index contributed by atoms with van der Waals surface area (Å²) in [6, 6.07) is 14.3. The molecular weight excluding hydrogens is 397 g/mol. The highest BCUT2D eigenvalue weighted by Gasteiger charge is 2.29. The first-order chi connectivity index (χ1) is 14.5. The second-order valence-corrected chi connectivity index (χ2v) is 8.69. The third-order valence-corrected chi connectivity index (χ3v) is 6.67. The summed E-state index contributed by atoms with van der Waals surface area (Å²) in [4.78, 5) is 17.1. The van der Waals surface area contributed by atoms with Gasteiger partial charge in [0.15, 0.2) is 5.78 Å². The molecular formula is C26H25ClFNO. The van der Waals surface area contributed by atoms with Gasteiger partial charge in [-0.1, -0.05) is 36.7 Å². The van der Waals surface area contributed by atoms with Gasteiger partial charge in [-0.3, -0.25) is 9.78 Å². The van der Waals surface area contributed by atoms with Crippen LogP contribution in [0.5, 0.6) is 0 Å². The highest BCUT2D eigenvalue weighted by Crippen LogP contribution is 2.41. The highest BCUT2D eigenvalue weighted by atomic mass is 35.5. The molecule has 0 amide bonds. The van der Waals surface area contributed by atoms with Crippen molar-refractivity contribution in [2.45, 2.75) is 38.5 Å². The molecule has 0 spiro atoms. The van der Waals surface area contributed by atoms with E-state index in [0.29, 0.717) is 16.9 Å². The molecule has 30 heavy (non-hydrogen) atoms. The number of hydrogen-bond donors (Lipinski definition) is 0. The standard InChI is InChI=1S/C26H25ClFNO/c1-17(26(30)13-4-18-2-9-21(27)10-3-18)19-5-7-20(8-6-19)23-14-15-29-25-12-11-22(28)16-24(23)25/h2-4,9-17,19-20H,5-8H2,1H3/b13-4+. The van der Waals surface area contributed by atoms with Crippen LogP contribution < -0.4 is 0 Å². The van der Waals surface area contributed by atoms with Crippen molar-refractivity contribution in [2.75, 3.05) is 0 Å². The Morgan fingerprint density at radius 2 is 1.83 bits per heavy atom. The van der Waals surface area contributed by atoms with E-state index >= 15 is 0 Å². The monoisotopic (exact) mass is 421 g/mol. The first-order valence-electron chi connectivity index (χ1n) is 10.5. The van der Waals surface area contributed by atoms with Crippen molar-refractivity contribution in [3.05, 3.63) is 82.8 Å². The van der Waals surface area contributed by atoms with Crippen LogP contribution in [-0.2, 0) is 4.79 Å². The lowest BCUT2D eigenvalue weighted by molar-refractivity contribution is -0.119. The van der Waals surface area contributed by atoms with Crippen LogP contribution in [0.25, 0.3) is 17.0 Å². The lowest BCUT2D eigenvalue weighted by Gasteiger charge is -2.32. The van der Waals surface area contributed by atoms with Gasteiger partial charge in [-0.25, -0.2) is 4.39 Å². The van der Waals surface area contributed by atoms with Crippen molar-refractivity contribution in [2.24, 2.45) is 11.8 Å². The van der Waals surface area contributed by atoms with Crippen LogP contribution in [0, 0.1) is 17.7 Å². The fourth-order valence-electron chi connectivity index (χ4n) is 4.56. The van der Waals surface area contributed by atoms with E-state index in [1.54, 1.807) is 18.2 Å². The third-order valence-electron chi connectivity index (χ3n) is 6.41. The molecule has 1 atom stereocenters. The van der Waals surface area contributed by atoms with Gasteiger partial charge in [-0.15, -0.1) is 0 Å². The molecule has 1 unspecified atom stereocenters. The van der Waals surface area contributed by atoms with E-state index in [0.717, 1.165) is 42.1 Å². The molecule has 3 aromatic rings. The number of allylic oxidation sites excluding steroid dienone is 1. The van der Waals surface area contributed by atoms with Gasteiger partial charge >= 0.3 is 0 Å². The molecule has 0 aliphatic heterocycles. The van der Waals surface area contributed by atoms with Gasteiger partial charge in [0.1, 0.15) is 5.82 Å². The average Bonchev–Trinajstić information content (AvgIpc) is 2.77. The van der Waals surface area contributed by atoms with Gasteiger partial charge < -0.3 is 0 Å². The summed E-state index contributed by atoms with van der Waals surface area (Å²) >= 11 is 5.91. The maximum Gasteiger partial charge on any atom is 0.158 e. The molecule has 2 nitrogen and oxygen atoms in total. The number of rotatable bonds is 5. The van der Waals surface area contributed by atoms with Crippen LogP contribution in [0.1, 0.15) is 49.7 Å². The van der Waals surface area contributed by atoms with Crippen LogP contribution in [0.2, 0.25) is 5.02 Å². The van der Waals surface area contributed by atoms with Crippen molar-refractivity contribution >= 4 is 34.4 Å². The summed E-state index contributed by atoms with van der Waals surface area (Å²) in [6.07, 6.45) is 9.40. The zero-order valence-electron chi connectivity index (χ0n) is 17.0. The lowest BCUT2D eigenvalue weighted by atomic mass is 9.73. The maximum atomic E-state index is 13.8. The van der Waals surface area contributed by atoms with E-state index < -0.39 is 0 Å². The van der Waals surface area contributed by atoms with Crippen molar-refractivity contribution in [3.8, 4) is 0 Å². The summed E-state index contributed by atoms with van der Waals surface area (Å²) in [7, 11) is 0. The summed E-state index contributed by atoms with van der Waals surface area (Å²) in [5.41, 5.74) is 2.99. The Labute approximate surface area is 181 Å². The Kier molecular flexibility index (Phi) is 6.29. The van der Waals surface area contributed by atoms with Crippen LogP contribution in [0.15, 0.2) is 60.8 Å². The molecule has 4 rings (SSSR count). The minimum atomic E-state index is -0.225. The van der Waals surface area contributed by atoms with Gasteiger partial charge in [0.25, 0.3) is 0 Å². The van der Waals surface area contributed by atoms with Gasteiger partial charge in [0, 0.05) is 22.5 Å². The summed E-state index contributed by atoms with van der Waals surface area (Å²) < 4.78 is 13.8. The Bertz CT molecular complexity index is 1070. The number of aromatic nitrogens is 1. The average molecular weight is 422 g/mol. The van der Waals surface area contributed by atoms with E-state index in [-0.39, 0.29) is 17.5 Å². The fraction of sp³-hybridized carbons (Fsp3) is 0.308. The normalized spacial score (nSPS) is 20.5. The molecule has 0 radical (unpaired) electrons. The number of carbonyl (C=O) groups excluding carboxylic acids is 1. The van der Waals surface area contributed by atoms with Crippen LogP contribution >= 0.6 is 11.6 Å². The Balaban J connectivity index is 1.40. The molecule has 0 bridgehead atoms. The summed E-state index contributed by atoms with van der Waals surface area (Å²) in [6.45, 7) is 2.04. The minimum Gasteiger partial charge on any atom is -0.295 e. The largest absolute Gasteiger partial charge is 0.295 e. The number of carbonyl (C=O) groups is 1. The quantitative estimate of drug-likeness (QED) is 0.407. The first kappa shape index (κ1) is 20.7. The topological polar surface area (TPSA) is 30.0 Å². The van der Waals surface area contributed by atoms with E-state index in [2.05, 4.69) is 4.98 Å². The van der Waals surface area contributed by atoms with Crippen LogP contribution in [0.4, 0.5) is 4.39 Å².